The van der Waals surface area contributed by atoms with Crippen molar-refractivity contribution in [2.75, 3.05) is 5.32 Å². The summed E-state index contributed by atoms with van der Waals surface area (Å²) in [5.41, 5.74) is 4.21. The molecule has 122 valence electrons. The number of aromatic nitrogens is 2. The molecule has 0 saturated carbocycles. The molecule has 4 rings (SSSR count). The van der Waals surface area contributed by atoms with Crippen LogP contribution in [0.25, 0.3) is 5.69 Å². The minimum absolute atomic E-state index is 0.262. The highest BCUT2D eigenvalue weighted by Crippen LogP contribution is 2.36. The summed E-state index contributed by atoms with van der Waals surface area (Å²) in [6, 6.07) is 11.4. The summed E-state index contributed by atoms with van der Waals surface area (Å²) in [5, 5.41) is 7.65. The Balaban J connectivity index is 1.73. The molecule has 2 aromatic heterocycles. The van der Waals surface area contributed by atoms with Crippen LogP contribution < -0.4 is 5.32 Å². The fourth-order valence-corrected chi connectivity index (χ4v) is 3.96. The minimum Gasteiger partial charge on any atom is -0.444 e. The molecule has 3 aromatic rings. The highest BCUT2D eigenvalue weighted by atomic mass is 79.9. The Labute approximate surface area is 151 Å². The van der Waals surface area contributed by atoms with Crippen molar-refractivity contribution >= 4 is 39.4 Å². The summed E-state index contributed by atoms with van der Waals surface area (Å²) in [5.74, 6) is 2.41. The van der Waals surface area contributed by atoms with Crippen LogP contribution in [0.3, 0.4) is 0 Å². The van der Waals surface area contributed by atoms with E-state index in [2.05, 4.69) is 26.3 Å². The van der Waals surface area contributed by atoms with Crippen LogP contribution in [0.2, 0.25) is 0 Å². The number of carbonyl (C=O) groups excluding carboxylic acids is 1. The summed E-state index contributed by atoms with van der Waals surface area (Å²) in [6.07, 6.45) is 0. The third kappa shape index (κ3) is 2.78. The van der Waals surface area contributed by atoms with Gasteiger partial charge in [-0.2, -0.15) is 16.9 Å². The van der Waals surface area contributed by atoms with Crippen molar-refractivity contribution in [3.63, 3.8) is 0 Å². The molecule has 0 fully saturated rings. The van der Waals surface area contributed by atoms with Gasteiger partial charge in [-0.3, -0.25) is 4.79 Å². The first-order valence-corrected chi connectivity index (χ1v) is 9.39. The van der Waals surface area contributed by atoms with Gasteiger partial charge in [0.2, 0.25) is 0 Å². The molecule has 1 N–H and O–H groups in total. The number of benzene rings is 1. The van der Waals surface area contributed by atoms with Crippen molar-refractivity contribution in [3.05, 3.63) is 63.6 Å². The predicted molar refractivity (Wildman–Crippen MR) is 97.7 cm³/mol. The maximum absolute atomic E-state index is 12.5. The highest BCUT2D eigenvalue weighted by molar-refractivity contribution is 9.10. The van der Waals surface area contributed by atoms with Gasteiger partial charge in [-0.15, -0.1) is 0 Å². The van der Waals surface area contributed by atoms with E-state index in [1.807, 2.05) is 31.2 Å². The number of halogens is 1. The molecule has 5 nitrogen and oxygen atoms in total. The lowest BCUT2D eigenvalue weighted by Gasteiger charge is -2.10. The molecule has 0 radical (unpaired) electrons. The molecular formula is C17H14BrN3O2S. The number of nitrogens with one attached hydrogen (secondary N) is 1. The summed E-state index contributed by atoms with van der Waals surface area (Å²) >= 11 is 5.02. The maximum Gasteiger partial charge on any atom is 0.292 e. The van der Waals surface area contributed by atoms with Crippen LogP contribution in [0, 0.1) is 6.92 Å². The number of amides is 1. The lowest BCUT2D eigenvalue weighted by atomic mass is 10.2. The van der Waals surface area contributed by atoms with Gasteiger partial charge in [-0.05, 0) is 47.1 Å². The standard InChI is InChI=1S/C17H14BrN3O2S/c1-10-2-4-11(5-3-10)21-16(12-8-24-9-13(12)20-21)19-17(22)14-6-7-15(18)23-14/h2-7H,8-9H2,1H3,(H,19,22). The molecule has 1 amide bonds. The van der Waals surface area contributed by atoms with Crippen LogP contribution in [-0.2, 0) is 11.5 Å². The number of hydrogen-bond donors (Lipinski definition) is 1. The van der Waals surface area contributed by atoms with E-state index >= 15 is 0 Å². The number of thioether (sulfide) groups is 1. The number of anilines is 1. The highest BCUT2D eigenvalue weighted by Gasteiger charge is 2.25. The molecule has 24 heavy (non-hydrogen) atoms. The zero-order valence-electron chi connectivity index (χ0n) is 12.9. The van der Waals surface area contributed by atoms with Gasteiger partial charge in [0.25, 0.3) is 5.91 Å². The van der Waals surface area contributed by atoms with Gasteiger partial charge in [0, 0.05) is 17.1 Å². The molecule has 0 aliphatic carbocycles. The summed E-state index contributed by atoms with van der Waals surface area (Å²) < 4.78 is 7.68. The van der Waals surface area contributed by atoms with Crippen LogP contribution in [0.15, 0.2) is 45.5 Å². The molecular weight excluding hydrogens is 390 g/mol. The van der Waals surface area contributed by atoms with Crippen LogP contribution in [0.4, 0.5) is 5.82 Å². The van der Waals surface area contributed by atoms with E-state index < -0.39 is 0 Å². The van der Waals surface area contributed by atoms with Crippen LogP contribution >= 0.6 is 27.7 Å². The quantitative estimate of drug-likeness (QED) is 0.697. The van der Waals surface area contributed by atoms with Gasteiger partial charge in [0.05, 0.1) is 11.4 Å². The second-order valence-electron chi connectivity index (χ2n) is 5.57. The molecule has 0 saturated heterocycles. The van der Waals surface area contributed by atoms with Crippen LogP contribution in [0.5, 0.6) is 0 Å². The molecule has 1 aliphatic heterocycles. The largest absolute Gasteiger partial charge is 0.444 e. The molecule has 1 aromatic carbocycles. The monoisotopic (exact) mass is 403 g/mol. The molecule has 0 unspecified atom stereocenters. The van der Waals surface area contributed by atoms with Gasteiger partial charge in [0.1, 0.15) is 5.82 Å². The Bertz CT molecular complexity index is 915. The Hall–Kier alpha value is -1.99. The number of rotatable bonds is 3. The Morgan fingerprint density at radius 3 is 2.75 bits per heavy atom. The number of carbonyl (C=O) groups is 1. The van der Waals surface area contributed by atoms with E-state index in [1.54, 1.807) is 28.6 Å². The average molecular weight is 404 g/mol. The smallest absolute Gasteiger partial charge is 0.292 e. The lowest BCUT2D eigenvalue weighted by Crippen LogP contribution is -2.15. The predicted octanol–water partition coefficient (Wildman–Crippen LogP) is 4.54. The van der Waals surface area contributed by atoms with E-state index in [0.717, 1.165) is 34.3 Å². The van der Waals surface area contributed by atoms with Crippen LogP contribution in [0.1, 0.15) is 27.4 Å². The van der Waals surface area contributed by atoms with E-state index in [9.17, 15) is 4.79 Å². The molecule has 7 heteroatoms. The van der Waals surface area contributed by atoms with Gasteiger partial charge in [0.15, 0.2) is 10.4 Å². The second kappa shape index (κ2) is 6.14. The van der Waals surface area contributed by atoms with Crippen molar-refractivity contribution in [1.29, 1.82) is 0 Å². The van der Waals surface area contributed by atoms with E-state index in [-0.39, 0.29) is 11.7 Å². The topological polar surface area (TPSA) is 60.1 Å². The van der Waals surface area contributed by atoms with Gasteiger partial charge in [-0.25, -0.2) is 4.68 Å². The zero-order valence-corrected chi connectivity index (χ0v) is 15.3. The fourth-order valence-electron chi connectivity index (χ4n) is 2.62. The number of fused-ring (bicyclic) bond motifs is 1. The third-order valence-corrected chi connectivity index (χ3v) is 5.26. The normalized spacial score (nSPS) is 13.1. The third-order valence-electron chi connectivity index (χ3n) is 3.86. The Morgan fingerprint density at radius 2 is 2.04 bits per heavy atom. The van der Waals surface area contributed by atoms with E-state index in [4.69, 9.17) is 4.42 Å². The summed E-state index contributed by atoms with van der Waals surface area (Å²) in [6.45, 7) is 2.04. The molecule has 0 bridgehead atoms. The first-order chi connectivity index (χ1) is 11.6. The second-order valence-corrected chi connectivity index (χ2v) is 7.34. The fraction of sp³-hybridized carbons (Fsp3) is 0.176. The Kier molecular flexibility index (Phi) is 3.97. The molecule has 0 spiro atoms. The molecule has 3 heterocycles. The summed E-state index contributed by atoms with van der Waals surface area (Å²) in [4.78, 5) is 12.5. The average Bonchev–Trinajstić information content (AvgIpc) is 3.26. The Morgan fingerprint density at radius 1 is 1.25 bits per heavy atom. The first-order valence-electron chi connectivity index (χ1n) is 7.44. The molecule has 0 atom stereocenters. The van der Waals surface area contributed by atoms with Gasteiger partial charge in [-0.1, -0.05) is 17.7 Å². The maximum atomic E-state index is 12.5. The SMILES string of the molecule is Cc1ccc(-n2nc3c(c2NC(=O)c2ccc(Br)o2)CSC3)cc1. The number of furan rings is 1. The van der Waals surface area contributed by atoms with Crippen LogP contribution in [-0.4, -0.2) is 15.7 Å². The number of aryl methyl sites for hydroxylation is 1. The van der Waals surface area contributed by atoms with Gasteiger partial charge < -0.3 is 9.73 Å². The van der Waals surface area contributed by atoms with Crippen molar-refractivity contribution in [2.24, 2.45) is 0 Å². The minimum atomic E-state index is -0.284. The van der Waals surface area contributed by atoms with Crippen molar-refractivity contribution < 1.29 is 9.21 Å². The molecule has 1 aliphatic rings. The van der Waals surface area contributed by atoms with E-state index in [0.29, 0.717) is 4.67 Å². The van der Waals surface area contributed by atoms with Gasteiger partial charge >= 0.3 is 0 Å². The van der Waals surface area contributed by atoms with Crippen molar-refractivity contribution in [3.8, 4) is 5.69 Å². The lowest BCUT2D eigenvalue weighted by molar-refractivity contribution is 0.0994. The zero-order chi connectivity index (χ0) is 16.7. The summed E-state index contributed by atoms with van der Waals surface area (Å²) in [7, 11) is 0. The number of nitrogens with zero attached hydrogens (tertiary/aromatic N) is 2. The van der Waals surface area contributed by atoms with E-state index in [1.165, 1.54) is 5.56 Å². The van der Waals surface area contributed by atoms with Crippen molar-refractivity contribution in [1.82, 2.24) is 9.78 Å². The van der Waals surface area contributed by atoms with Crippen molar-refractivity contribution in [2.45, 2.75) is 18.4 Å². The first kappa shape index (κ1) is 15.5. The number of hydrogen-bond acceptors (Lipinski definition) is 4.